The number of amides is 1. The van der Waals surface area contributed by atoms with Crippen molar-refractivity contribution >= 4 is 5.91 Å². The number of rotatable bonds is 5. The molecule has 0 unspecified atom stereocenters. The van der Waals surface area contributed by atoms with Crippen molar-refractivity contribution in [1.82, 2.24) is 5.32 Å². The van der Waals surface area contributed by atoms with Crippen LogP contribution >= 0.6 is 0 Å². The highest BCUT2D eigenvalue weighted by atomic mass is 16.1. The first-order valence-corrected chi connectivity index (χ1v) is 8.22. The molecule has 0 aromatic rings. The largest absolute Gasteiger partial charge is 0.356 e. The second-order valence-electron chi connectivity index (χ2n) is 6.57. The van der Waals surface area contributed by atoms with Crippen LogP contribution in [-0.4, -0.2) is 19.0 Å². The molecule has 0 radical (unpaired) electrons. The van der Waals surface area contributed by atoms with Gasteiger partial charge in [-0.1, -0.05) is 32.6 Å². The van der Waals surface area contributed by atoms with Crippen molar-refractivity contribution in [2.24, 2.45) is 29.4 Å². The minimum Gasteiger partial charge on any atom is -0.356 e. The van der Waals surface area contributed by atoms with Crippen molar-refractivity contribution in [2.45, 2.75) is 58.3 Å². The van der Waals surface area contributed by atoms with Crippen molar-refractivity contribution in [1.29, 1.82) is 0 Å². The average molecular weight is 266 g/mol. The summed E-state index contributed by atoms with van der Waals surface area (Å²) in [5, 5.41) is 3.20. The molecule has 0 spiro atoms. The first-order valence-electron chi connectivity index (χ1n) is 8.22. The molecule has 2 saturated carbocycles. The van der Waals surface area contributed by atoms with Crippen LogP contribution < -0.4 is 11.1 Å². The first kappa shape index (κ1) is 14.8. The monoisotopic (exact) mass is 266 g/mol. The van der Waals surface area contributed by atoms with E-state index in [4.69, 9.17) is 5.73 Å². The van der Waals surface area contributed by atoms with Gasteiger partial charge in [-0.25, -0.2) is 0 Å². The molecule has 1 amide bonds. The van der Waals surface area contributed by atoms with E-state index in [0.29, 0.717) is 18.4 Å². The zero-order chi connectivity index (χ0) is 13.7. The summed E-state index contributed by atoms with van der Waals surface area (Å²) in [7, 11) is 0. The molecule has 3 N–H and O–H groups in total. The van der Waals surface area contributed by atoms with E-state index in [2.05, 4.69) is 12.2 Å². The molecule has 2 atom stereocenters. The van der Waals surface area contributed by atoms with E-state index < -0.39 is 0 Å². The van der Waals surface area contributed by atoms with Crippen molar-refractivity contribution in [3.05, 3.63) is 0 Å². The average Bonchev–Trinajstić information content (AvgIpc) is 2.93. The van der Waals surface area contributed by atoms with Gasteiger partial charge in [-0.3, -0.25) is 4.79 Å². The molecule has 2 aliphatic carbocycles. The lowest BCUT2D eigenvalue weighted by molar-refractivity contribution is -0.126. The van der Waals surface area contributed by atoms with Crippen molar-refractivity contribution in [2.75, 3.05) is 13.1 Å². The number of carbonyl (C=O) groups is 1. The van der Waals surface area contributed by atoms with Gasteiger partial charge in [-0.05, 0) is 50.0 Å². The summed E-state index contributed by atoms with van der Waals surface area (Å²) < 4.78 is 0. The minimum absolute atomic E-state index is 0.192. The smallest absolute Gasteiger partial charge is 0.223 e. The molecule has 0 aliphatic heterocycles. The predicted molar refractivity (Wildman–Crippen MR) is 78.6 cm³/mol. The van der Waals surface area contributed by atoms with Crippen LogP contribution in [0, 0.1) is 23.7 Å². The molecular weight excluding hydrogens is 236 g/mol. The maximum atomic E-state index is 12.2. The summed E-state index contributed by atoms with van der Waals surface area (Å²) in [6.45, 7) is 3.85. The number of hydrogen-bond acceptors (Lipinski definition) is 2. The molecule has 0 bridgehead atoms. The van der Waals surface area contributed by atoms with Crippen LogP contribution in [-0.2, 0) is 4.79 Å². The Balaban J connectivity index is 1.69. The lowest BCUT2D eigenvalue weighted by Gasteiger charge is -2.28. The zero-order valence-electron chi connectivity index (χ0n) is 12.4. The van der Waals surface area contributed by atoms with Gasteiger partial charge >= 0.3 is 0 Å². The number of nitrogens with two attached hydrogens (primary N) is 1. The van der Waals surface area contributed by atoms with Crippen LogP contribution in [0.1, 0.15) is 58.3 Å². The lowest BCUT2D eigenvalue weighted by Crippen LogP contribution is -2.38. The minimum atomic E-state index is 0.192. The van der Waals surface area contributed by atoms with Gasteiger partial charge in [0.2, 0.25) is 5.91 Å². The van der Waals surface area contributed by atoms with Gasteiger partial charge in [0.05, 0.1) is 0 Å². The SMILES string of the molecule is CCC1CCC(CNC(=O)[C@@H]2CCC[C@@H]2CN)CC1. The quantitative estimate of drug-likeness (QED) is 0.804. The Morgan fingerprint density at radius 3 is 2.42 bits per heavy atom. The van der Waals surface area contributed by atoms with Gasteiger partial charge < -0.3 is 11.1 Å². The summed E-state index contributed by atoms with van der Waals surface area (Å²) in [4.78, 5) is 12.2. The highest BCUT2D eigenvalue weighted by Crippen LogP contribution is 2.32. The normalized spacial score (nSPS) is 35.3. The Morgan fingerprint density at radius 1 is 1.11 bits per heavy atom. The van der Waals surface area contributed by atoms with Crippen molar-refractivity contribution < 1.29 is 4.79 Å². The van der Waals surface area contributed by atoms with E-state index in [1.54, 1.807) is 0 Å². The standard InChI is InChI=1S/C16H30N2O/c1-2-12-6-8-13(9-7-12)11-18-16(19)15-5-3-4-14(15)10-17/h12-15H,2-11,17H2,1H3,(H,18,19)/t12?,13?,14-,15-/m1/s1. The Bertz CT molecular complexity index is 284. The van der Waals surface area contributed by atoms with Gasteiger partial charge in [-0.15, -0.1) is 0 Å². The Labute approximate surface area is 117 Å². The number of nitrogens with one attached hydrogen (secondary N) is 1. The molecule has 2 aliphatic rings. The Morgan fingerprint density at radius 2 is 1.79 bits per heavy atom. The predicted octanol–water partition coefficient (Wildman–Crippen LogP) is 2.69. The maximum absolute atomic E-state index is 12.2. The molecule has 0 aromatic carbocycles. The van der Waals surface area contributed by atoms with Crippen molar-refractivity contribution in [3.8, 4) is 0 Å². The lowest BCUT2D eigenvalue weighted by atomic mass is 9.81. The van der Waals surface area contributed by atoms with E-state index in [9.17, 15) is 4.79 Å². The van der Waals surface area contributed by atoms with Crippen molar-refractivity contribution in [3.63, 3.8) is 0 Å². The van der Waals surface area contributed by atoms with E-state index in [-0.39, 0.29) is 11.8 Å². The molecule has 2 rings (SSSR count). The van der Waals surface area contributed by atoms with Crippen LogP contribution in [0.4, 0.5) is 0 Å². The maximum Gasteiger partial charge on any atom is 0.223 e. The van der Waals surface area contributed by atoms with E-state index in [1.807, 2.05) is 0 Å². The summed E-state index contributed by atoms with van der Waals surface area (Å²) in [5.41, 5.74) is 5.75. The molecular formula is C16H30N2O. The summed E-state index contributed by atoms with van der Waals surface area (Å²) in [5.74, 6) is 2.53. The Kier molecular flexibility index (Phi) is 5.68. The van der Waals surface area contributed by atoms with Crippen LogP contribution in [0.15, 0.2) is 0 Å². The highest BCUT2D eigenvalue weighted by Gasteiger charge is 2.32. The van der Waals surface area contributed by atoms with Crippen LogP contribution in [0.25, 0.3) is 0 Å². The summed E-state index contributed by atoms with van der Waals surface area (Å²) in [6.07, 6.45) is 9.96. The number of hydrogen-bond donors (Lipinski definition) is 2. The molecule has 0 saturated heterocycles. The molecule has 110 valence electrons. The number of carbonyl (C=O) groups excluding carboxylic acids is 1. The molecule has 0 aromatic heterocycles. The van der Waals surface area contributed by atoms with Gasteiger partial charge in [0.1, 0.15) is 0 Å². The zero-order valence-corrected chi connectivity index (χ0v) is 12.4. The van der Waals surface area contributed by atoms with E-state index >= 15 is 0 Å². The van der Waals surface area contributed by atoms with Gasteiger partial charge in [0.25, 0.3) is 0 Å². The topological polar surface area (TPSA) is 55.1 Å². The summed E-state index contributed by atoms with van der Waals surface area (Å²) in [6, 6.07) is 0. The Hall–Kier alpha value is -0.570. The van der Waals surface area contributed by atoms with Crippen LogP contribution in [0.3, 0.4) is 0 Å². The van der Waals surface area contributed by atoms with Gasteiger partial charge in [0, 0.05) is 12.5 Å². The molecule has 19 heavy (non-hydrogen) atoms. The third-order valence-electron chi connectivity index (χ3n) is 5.41. The van der Waals surface area contributed by atoms with Crippen LogP contribution in [0.5, 0.6) is 0 Å². The van der Waals surface area contributed by atoms with Gasteiger partial charge in [-0.2, -0.15) is 0 Å². The van der Waals surface area contributed by atoms with Crippen LogP contribution in [0.2, 0.25) is 0 Å². The molecule has 0 heterocycles. The summed E-state index contributed by atoms with van der Waals surface area (Å²) >= 11 is 0. The van der Waals surface area contributed by atoms with E-state index in [0.717, 1.165) is 25.3 Å². The first-order chi connectivity index (χ1) is 9.24. The van der Waals surface area contributed by atoms with Gasteiger partial charge in [0.15, 0.2) is 0 Å². The third kappa shape index (κ3) is 3.95. The molecule has 3 heteroatoms. The fourth-order valence-corrected chi connectivity index (χ4v) is 3.88. The van der Waals surface area contributed by atoms with E-state index in [1.165, 1.54) is 38.5 Å². The second kappa shape index (κ2) is 7.28. The third-order valence-corrected chi connectivity index (χ3v) is 5.41. The fraction of sp³-hybridized carbons (Fsp3) is 0.938. The highest BCUT2D eigenvalue weighted by molar-refractivity contribution is 5.79. The fourth-order valence-electron chi connectivity index (χ4n) is 3.88. The second-order valence-corrected chi connectivity index (χ2v) is 6.57. The molecule has 2 fully saturated rings. The molecule has 3 nitrogen and oxygen atoms in total.